The minimum absolute atomic E-state index is 0.455. The van der Waals surface area contributed by atoms with E-state index in [-0.39, 0.29) is 0 Å². The molecule has 118 valence electrons. The zero-order chi connectivity index (χ0) is 15.2. The highest BCUT2D eigenvalue weighted by atomic mass is 15.3. The lowest BCUT2D eigenvalue weighted by molar-refractivity contribution is 0.469. The summed E-state index contributed by atoms with van der Waals surface area (Å²) < 4.78 is 2.34. The number of nitrogens with zero attached hydrogens (tertiary/aromatic N) is 5. The molecule has 0 saturated carbocycles. The number of benzene rings is 1. The Morgan fingerprint density at radius 1 is 1.09 bits per heavy atom. The number of imidazole rings is 1. The molecule has 1 atom stereocenters. The van der Waals surface area contributed by atoms with Crippen LogP contribution >= 0.6 is 0 Å². The van der Waals surface area contributed by atoms with Gasteiger partial charge in [-0.1, -0.05) is 12.1 Å². The summed E-state index contributed by atoms with van der Waals surface area (Å²) in [5, 5.41) is 8.86. The van der Waals surface area contributed by atoms with Gasteiger partial charge in [-0.3, -0.25) is 0 Å². The molecule has 2 aliphatic rings. The maximum atomic E-state index is 4.75. The molecule has 5 rings (SSSR count). The van der Waals surface area contributed by atoms with Gasteiger partial charge in [0.2, 0.25) is 5.95 Å². The molecule has 1 saturated heterocycles. The molecule has 0 amide bonds. The second kappa shape index (κ2) is 5.08. The lowest BCUT2D eigenvalue weighted by Gasteiger charge is -2.32. The average Bonchev–Trinajstić information content (AvgIpc) is 3.29. The highest BCUT2D eigenvalue weighted by molar-refractivity contribution is 5.77. The maximum absolute atomic E-state index is 4.75. The van der Waals surface area contributed by atoms with Crippen molar-refractivity contribution in [2.45, 2.75) is 38.1 Å². The second-order valence-corrected chi connectivity index (χ2v) is 6.59. The molecule has 3 aromatic rings. The molecule has 0 bridgehead atoms. The van der Waals surface area contributed by atoms with Gasteiger partial charge in [0.1, 0.15) is 11.6 Å². The standard InChI is InChI=1S/C17H20N6/c1-2-7-14-13(6-1)18-17(19-14)22-9-3-5-12(11-22)16-21-20-15-8-4-10-23(15)16/h1-2,6-7,12H,3-5,8-11H2,(H,18,19). The lowest BCUT2D eigenvalue weighted by Crippen LogP contribution is -2.36. The fourth-order valence-corrected chi connectivity index (χ4v) is 3.94. The summed E-state index contributed by atoms with van der Waals surface area (Å²) in [6, 6.07) is 8.22. The predicted octanol–water partition coefficient (Wildman–Crippen LogP) is 2.48. The third-order valence-corrected chi connectivity index (χ3v) is 5.10. The molecule has 4 heterocycles. The van der Waals surface area contributed by atoms with E-state index in [0.717, 1.165) is 43.0 Å². The molecule has 6 heteroatoms. The summed E-state index contributed by atoms with van der Waals surface area (Å²) in [5.74, 6) is 3.78. The maximum Gasteiger partial charge on any atom is 0.203 e. The Labute approximate surface area is 134 Å². The monoisotopic (exact) mass is 308 g/mol. The Morgan fingerprint density at radius 2 is 2.04 bits per heavy atom. The van der Waals surface area contributed by atoms with E-state index in [0.29, 0.717) is 5.92 Å². The van der Waals surface area contributed by atoms with E-state index in [1.807, 2.05) is 12.1 Å². The van der Waals surface area contributed by atoms with Crippen molar-refractivity contribution in [2.24, 2.45) is 0 Å². The first-order valence-corrected chi connectivity index (χ1v) is 8.50. The average molecular weight is 308 g/mol. The number of anilines is 1. The number of para-hydroxylation sites is 2. The van der Waals surface area contributed by atoms with Crippen LogP contribution in [0, 0.1) is 0 Å². The van der Waals surface area contributed by atoms with E-state index in [2.05, 4.69) is 36.8 Å². The molecular weight excluding hydrogens is 288 g/mol. The highest BCUT2D eigenvalue weighted by Crippen LogP contribution is 2.30. The summed E-state index contributed by atoms with van der Waals surface area (Å²) in [7, 11) is 0. The number of fused-ring (bicyclic) bond motifs is 2. The van der Waals surface area contributed by atoms with Gasteiger partial charge in [0, 0.05) is 32.0 Å². The van der Waals surface area contributed by atoms with Crippen molar-refractivity contribution in [3.05, 3.63) is 35.9 Å². The molecule has 6 nitrogen and oxygen atoms in total. The van der Waals surface area contributed by atoms with Gasteiger partial charge >= 0.3 is 0 Å². The van der Waals surface area contributed by atoms with E-state index >= 15 is 0 Å². The van der Waals surface area contributed by atoms with Crippen LogP contribution in [0.4, 0.5) is 5.95 Å². The van der Waals surface area contributed by atoms with Crippen LogP contribution in [0.15, 0.2) is 24.3 Å². The first kappa shape index (κ1) is 13.1. The molecule has 2 aliphatic heterocycles. The zero-order valence-corrected chi connectivity index (χ0v) is 13.1. The second-order valence-electron chi connectivity index (χ2n) is 6.59. The van der Waals surface area contributed by atoms with Crippen LogP contribution in [-0.4, -0.2) is 37.8 Å². The molecule has 2 aromatic heterocycles. The predicted molar refractivity (Wildman–Crippen MR) is 88.6 cm³/mol. The van der Waals surface area contributed by atoms with Crippen LogP contribution in [0.5, 0.6) is 0 Å². The van der Waals surface area contributed by atoms with E-state index in [4.69, 9.17) is 4.98 Å². The van der Waals surface area contributed by atoms with Crippen LogP contribution in [0.1, 0.15) is 36.8 Å². The van der Waals surface area contributed by atoms with Crippen molar-refractivity contribution in [2.75, 3.05) is 18.0 Å². The number of aromatic amines is 1. The Balaban J connectivity index is 1.44. The molecule has 23 heavy (non-hydrogen) atoms. The molecule has 1 unspecified atom stereocenters. The summed E-state index contributed by atoms with van der Waals surface area (Å²) >= 11 is 0. The number of hydrogen-bond donors (Lipinski definition) is 1. The van der Waals surface area contributed by atoms with Gasteiger partial charge < -0.3 is 14.5 Å². The van der Waals surface area contributed by atoms with Gasteiger partial charge in [-0.25, -0.2) is 4.98 Å². The SMILES string of the molecule is c1ccc2[nH]c(N3CCCC(c4nnc5n4CCC5)C3)nc2c1. The summed E-state index contributed by atoms with van der Waals surface area (Å²) in [4.78, 5) is 10.6. The van der Waals surface area contributed by atoms with Gasteiger partial charge in [-0.15, -0.1) is 10.2 Å². The van der Waals surface area contributed by atoms with Gasteiger partial charge in [0.05, 0.1) is 11.0 Å². The van der Waals surface area contributed by atoms with Crippen molar-refractivity contribution < 1.29 is 0 Å². The molecular formula is C17H20N6. The van der Waals surface area contributed by atoms with E-state index in [1.54, 1.807) is 0 Å². The third-order valence-electron chi connectivity index (χ3n) is 5.10. The third kappa shape index (κ3) is 2.12. The first-order chi connectivity index (χ1) is 11.4. The molecule has 1 N–H and O–H groups in total. The summed E-state index contributed by atoms with van der Waals surface area (Å²) in [5.41, 5.74) is 2.14. The van der Waals surface area contributed by atoms with Crippen LogP contribution in [-0.2, 0) is 13.0 Å². The Bertz CT molecular complexity index is 815. The topological polar surface area (TPSA) is 62.6 Å². The number of aryl methyl sites for hydroxylation is 1. The minimum atomic E-state index is 0.455. The fourth-order valence-electron chi connectivity index (χ4n) is 3.94. The Hall–Kier alpha value is -2.37. The van der Waals surface area contributed by atoms with Crippen LogP contribution in [0.25, 0.3) is 11.0 Å². The van der Waals surface area contributed by atoms with E-state index in [9.17, 15) is 0 Å². The number of rotatable bonds is 2. The van der Waals surface area contributed by atoms with Gasteiger partial charge in [0.15, 0.2) is 0 Å². The quantitative estimate of drug-likeness (QED) is 0.790. The number of H-pyrrole nitrogens is 1. The Kier molecular flexibility index (Phi) is 2.89. The molecule has 0 spiro atoms. The van der Waals surface area contributed by atoms with Crippen LogP contribution in [0.3, 0.4) is 0 Å². The molecule has 1 aromatic carbocycles. The van der Waals surface area contributed by atoms with Crippen molar-refractivity contribution in [3.8, 4) is 0 Å². The van der Waals surface area contributed by atoms with Crippen LogP contribution < -0.4 is 4.90 Å². The number of nitrogens with one attached hydrogen (secondary N) is 1. The highest BCUT2D eigenvalue weighted by Gasteiger charge is 2.29. The van der Waals surface area contributed by atoms with Gasteiger partial charge in [-0.2, -0.15) is 0 Å². The van der Waals surface area contributed by atoms with Gasteiger partial charge in [0.25, 0.3) is 0 Å². The normalized spacial score (nSPS) is 21.0. The van der Waals surface area contributed by atoms with Crippen molar-refractivity contribution in [1.29, 1.82) is 0 Å². The summed E-state index contributed by atoms with van der Waals surface area (Å²) in [6.07, 6.45) is 4.64. The van der Waals surface area contributed by atoms with E-state index in [1.165, 1.54) is 30.9 Å². The zero-order valence-electron chi connectivity index (χ0n) is 13.1. The molecule has 1 fully saturated rings. The largest absolute Gasteiger partial charge is 0.342 e. The summed E-state index contributed by atoms with van der Waals surface area (Å²) in [6.45, 7) is 3.11. The Morgan fingerprint density at radius 3 is 3.00 bits per heavy atom. The van der Waals surface area contributed by atoms with Crippen molar-refractivity contribution in [3.63, 3.8) is 0 Å². The van der Waals surface area contributed by atoms with Gasteiger partial charge in [-0.05, 0) is 31.4 Å². The molecule has 0 aliphatic carbocycles. The molecule has 0 radical (unpaired) electrons. The van der Waals surface area contributed by atoms with Crippen molar-refractivity contribution in [1.82, 2.24) is 24.7 Å². The van der Waals surface area contributed by atoms with Crippen LogP contribution in [0.2, 0.25) is 0 Å². The number of aromatic nitrogens is 5. The fraction of sp³-hybridized carbons (Fsp3) is 0.471. The lowest BCUT2D eigenvalue weighted by atomic mass is 9.97. The number of hydrogen-bond acceptors (Lipinski definition) is 4. The van der Waals surface area contributed by atoms with Crippen molar-refractivity contribution >= 4 is 17.0 Å². The smallest absolute Gasteiger partial charge is 0.203 e. The first-order valence-electron chi connectivity index (χ1n) is 8.50. The minimum Gasteiger partial charge on any atom is -0.342 e. The number of piperidine rings is 1. The van der Waals surface area contributed by atoms with E-state index < -0.39 is 0 Å².